The lowest BCUT2D eigenvalue weighted by Crippen LogP contribution is -2.21. The second kappa shape index (κ2) is 5.64. The summed E-state index contributed by atoms with van der Waals surface area (Å²) in [6.45, 7) is 3.45. The zero-order valence-electron chi connectivity index (χ0n) is 10.6. The van der Waals surface area contributed by atoms with Crippen molar-refractivity contribution < 1.29 is 4.74 Å². The first kappa shape index (κ1) is 13.3. The molecule has 0 saturated carbocycles. The SMILES string of the molecule is COCCN(C)c1snc(N)c1-c1csc(C)n1. The van der Waals surface area contributed by atoms with E-state index in [4.69, 9.17) is 10.5 Å². The van der Waals surface area contributed by atoms with Crippen LogP contribution in [0.2, 0.25) is 0 Å². The van der Waals surface area contributed by atoms with Gasteiger partial charge >= 0.3 is 0 Å². The van der Waals surface area contributed by atoms with Gasteiger partial charge in [0.05, 0.1) is 22.9 Å². The van der Waals surface area contributed by atoms with E-state index in [1.165, 1.54) is 11.5 Å². The van der Waals surface area contributed by atoms with Crippen LogP contribution < -0.4 is 10.6 Å². The number of nitrogen functional groups attached to an aromatic ring is 1. The van der Waals surface area contributed by atoms with Crippen molar-refractivity contribution in [2.45, 2.75) is 6.92 Å². The maximum Gasteiger partial charge on any atom is 0.148 e. The molecule has 5 nitrogen and oxygen atoms in total. The summed E-state index contributed by atoms with van der Waals surface area (Å²) in [5, 5.41) is 4.08. The zero-order chi connectivity index (χ0) is 13.1. The number of methoxy groups -OCH3 is 1. The van der Waals surface area contributed by atoms with Crippen LogP contribution in [0, 0.1) is 6.92 Å². The molecular weight excluding hydrogens is 268 g/mol. The highest BCUT2D eigenvalue weighted by Gasteiger charge is 2.18. The van der Waals surface area contributed by atoms with Crippen LogP contribution >= 0.6 is 22.9 Å². The minimum Gasteiger partial charge on any atom is -0.383 e. The van der Waals surface area contributed by atoms with Crippen LogP contribution in [-0.2, 0) is 4.74 Å². The Bertz CT molecular complexity index is 523. The predicted octanol–water partition coefficient (Wildman–Crippen LogP) is 2.24. The van der Waals surface area contributed by atoms with E-state index in [9.17, 15) is 0 Å². The molecule has 2 heterocycles. The summed E-state index contributed by atoms with van der Waals surface area (Å²) >= 11 is 3.02. The van der Waals surface area contributed by atoms with E-state index in [0.29, 0.717) is 12.4 Å². The molecule has 2 N–H and O–H groups in total. The van der Waals surface area contributed by atoms with Gasteiger partial charge in [-0.2, -0.15) is 4.37 Å². The largest absolute Gasteiger partial charge is 0.383 e. The number of aryl methyl sites for hydroxylation is 1. The molecule has 2 aromatic rings. The number of hydrogen-bond donors (Lipinski definition) is 1. The molecule has 0 spiro atoms. The molecule has 0 atom stereocenters. The second-order valence-electron chi connectivity index (χ2n) is 3.91. The molecular formula is C11H16N4OS2. The van der Waals surface area contributed by atoms with Gasteiger partial charge in [-0.3, -0.25) is 0 Å². The van der Waals surface area contributed by atoms with Gasteiger partial charge in [0.25, 0.3) is 0 Å². The first-order valence-electron chi connectivity index (χ1n) is 5.51. The fourth-order valence-corrected chi connectivity index (χ4v) is 3.01. The Hall–Kier alpha value is -1.18. The second-order valence-corrected chi connectivity index (χ2v) is 5.73. The zero-order valence-corrected chi connectivity index (χ0v) is 12.3. The lowest BCUT2D eigenvalue weighted by atomic mass is 10.2. The summed E-state index contributed by atoms with van der Waals surface area (Å²) in [5.41, 5.74) is 7.79. The molecule has 0 fully saturated rings. The van der Waals surface area contributed by atoms with E-state index in [2.05, 4.69) is 14.3 Å². The third-order valence-electron chi connectivity index (χ3n) is 2.55. The van der Waals surface area contributed by atoms with Gasteiger partial charge < -0.3 is 15.4 Å². The molecule has 0 unspecified atom stereocenters. The number of aromatic nitrogens is 2. The molecule has 0 aliphatic heterocycles. The van der Waals surface area contributed by atoms with Crippen molar-refractivity contribution in [3.05, 3.63) is 10.4 Å². The molecule has 0 aliphatic carbocycles. The smallest absolute Gasteiger partial charge is 0.148 e. The van der Waals surface area contributed by atoms with Crippen molar-refractivity contribution in [3.63, 3.8) is 0 Å². The molecule has 0 aromatic carbocycles. The van der Waals surface area contributed by atoms with Gasteiger partial charge in [-0.25, -0.2) is 4.98 Å². The Balaban J connectivity index is 2.32. The van der Waals surface area contributed by atoms with Crippen molar-refractivity contribution in [3.8, 4) is 11.3 Å². The molecule has 0 amide bonds. The van der Waals surface area contributed by atoms with Crippen LogP contribution in [0.1, 0.15) is 5.01 Å². The molecule has 18 heavy (non-hydrogen) atoms. The van der Waals surface area contributed by atoms with Gasteiger partial charge in [-0.1, -0.05) is 0 Å². The van der Waals surface area contributed by atoms with Gasteiger partial charge in [0.1, 0.15) is 10.8 Å². The highest BCUT2D eigenvalue weighted by Crippen LogP contribution is 2.38. The summed E-state index contributed by atoms with van der Waals surface area (Å²) in [7, 11) is 3.70. The molecule has 2 aromatic heterocycles. The number of nitrogens with two attached hydrogens (primary N) is 1. The van der Waals surface area contributed by atoms with Gasteiger partial charge in [-0.05, 0) is 18.5 Å². The number of anilines is 2. The van der Waals surface area contributed by atoms with Crippen LogP contribution in [0.15, 0.2) is 5.38 Å². The monoisotopic (exact) mass is 284 g/mol. The average Bonchev–Trinajstić information content (AvgIpc) is 2.92. The maximum atomic E-state index is 5.96. The summed E-state index contributed by atoms with van der Waals surface area (Å²) in [6, 6.07) is 0. The summed E-state index contributed by atoms with van der Waals surface area (Å²) in [6.07, 6.45) is 0. The average molecular weight is 284 g/mol. The van der Waals surface area contributed by atoms with Crippen LogP contribution in [-0.4, -0.2) is 36.7 Å². The number of thiazole rings is 1. The Morgan fingerprint density at radius 1 is 1.50 bits per heavy atom. The molecule has 0 aliphatic rings. The van der Waals surface area contributed by atoms with Gasteiger partial charge in [0, 0.05) is 26.1 Å². The van der Waals surface area contributed by atoms with Crippen molar-refractivity contribution in [2.75, 3.05) is 37.9 Å². The molecule has 0 saturated heterocycles. The van der Waals surface area contributed by atoms with Crippen LogP contribution in [0.4, 0.5) is 10.8 Å². The Morgan fingerprint density at radius 2 is 2.28 bits per heavy atom. The van der Waals surface area contributed by atoms with E-state index in [0.717, 1.165) is 27.8 Å². The standard InChI is InChI=1S/C11H16N4OS2/c1-7-13-8(6-17-7)9-10(12)14-18-11(9)15(2)4-5-16-3/h6H,4-5H2,1-3H3,(H2,12,14). The lowest BCUT2D eigenvalue weighted by molar-refractivity contribution is 0.206. The normalized spacial score (nSPS) is 10.8. The van der Waals surface area contributed by atoms with E-state index in [1.54, 1.807) is 18.4 Å². The molecule has 0 radical (unpaired) electrons. The minimum absolute atomic E-state index is 0.546. The summed E-state index contributed by atoms with van der Waals surface area (Å²) in [4.78, 5) is 6.58. The highest BCUT2D eigenvalue weighted by molar-refractivity contribution is 7.11. The van der Waals surface area contributed by atoms with Crippen molar-refractivity contribution >= 4 is 33.7 Å². The fourth-order valence-electron chi connectivity index (χ4n) is 1.60. The number of hydrogen-bond acceptors (Lipinski definition) is 7. The Labute approximate surface area is 114 Å². The number of ether oxygens (including phenoxy) is 1. The van der Waals surface area contributed by atoms with Gasteiger partial charge in [0.2, 0.25) is 0 Å². The number of likely N-dealkylation sites (N-methyl/N-ethyl adjacent to an activating group) is 1. The van der Waals surface area contributed by atoms with Crippen molar-refractivity contribution in [1.82, 2.24) is 9.36 Å². The first-order valence-corrected chi connectivity index (χ1v) is 7.16. The first-order chi connectivity index (χ1) is 8.63. The predicted molar refractivity (Wildman–Crippen MR) is 77.5 cm³/mol. The minimum atomic E-state index is 0.546. The Kier molecular flexibility index (Phi) is 4.15. The van der Waals surface area contributed by atoms with Crippen LogP contribution in [0.5, 0.6) is 0 Å². The third-order valence-corrected chi connectivity index (χ3v) is 4.30. The van der Waals surface area contributed by atoms with E-state index >= 15 is 0 Å². The van der Waals surface area contributed by atoms with Gasteiger partial charge in [0.15, 0.2) is 0 Å². The third kappa shape index (κ3) is 2.63. The lowest BCUT2D eigenvalue weighted by Gasteiger charge is -2.17. The summed E-state index contributed by atoms with van der Waals surface area (Å²) in [5.74, 6) is 0.546. The maximum absolute atomic E-state index is 5.96. The van der Waals surface area contributed by atoms with E-state index in [1.807, 2.05) is 19.4 Å². The fraction of sp³-hybridized carbons (Fsp3) is 0.455. The molecule has 98 valence electrons. The van der Waals surface area contributed by atoms with E-state index < -0.39 is 0 Å². The van der Waals surface area contributed by atoms with Crippen LogP contribution in [0.3, 0.4) is 0 Å². The van der Waals surface area contributed by atoms with Gasteiger partial charge in [-0.15, -0.1) is 11.3 Å². The number of rotatable bonds is 5. The number of nitrogens with zero attached hydrogens (tertiary/aromatic N) is 3. The van der Waals surface area contributed by atoms with Crippen molar-refractivity contribution in [2.24, 2.45) is 0 Å². The summed E-state index contributed by atoms with van der Waals surface area (Å²) < 4.78 is 9.32. The Morgan fingerprint density at radius 3 is 2.89 bits per heavy atom. The molecule has 0 bridgehead atoms. The van der Waals surface area contributed by atoms with E-state index in [-0.39, 0.29) is 0 Å². The molecule has 7 heteroatoms. The highest BCUT2D eigenvalue weighted by atomic mass is 32.1. The quantitative estimate of drug-likeness (QED) is 0.912. The van der Waals surface area contributed by atoms with Crippen molar-refractivity contribution in [1.29, 1.82) is 0 Å². The topological polar surface area (TPSA) is 64.3 Å². The molecule has 2 rings (SSSR count). The van der Waals surface area contributed by atoms with Crippen LogP contribution in [0.25, 0.3) is 11.3 Å².